The monoisotopic (exact) mass is 280 g/mol. The molecule has 0 aliphatic heterocycles. The van der Waals surface area contributed by atoms with Gasteiger partial charge in [0.25, 0.3) is 6.43 Å². The number of alkyl halides is 2. The third kappa shape index (κ3) is 3.87. The maximum absolute atomic E-state index is 12.1. The molecular formula is C15H18F2N2O. The summed E-state index contributed by atoms with van der Waals surface area (Å²) in [6.45, 7) is 2.42. The topological polar surface area (TPSA) is 34.2 Å². The van der Waals surface area contributed by atoms with Crippen LogP contribution < -0.4 is 5.32 Å². The van der Waals surface area contributed by atoms with E-state index in [1.54, 1.807) is 0 Å². The van der Waals surface area contributed by atoms with Gasteiger partial charge in [-0.1, -0.05) is 25.1 Å². The number of fused-ring (bicyclic) bond motifs is 1. The lowest BCUT2D eigenvalue weighted by Gasteiger charge is -2.12. The standard InChI is InChI=1S/C15H18F2N2O/c1-2-7-18-15-12(9-20-10-14(16)17)8-11-5-3-4-6-13(11)19-15/h3-6,8,14H,2,7,9-10H2,1H3,(H,18,19). The number of para-hydroxylation sites is 1. The molecule has 108 valence electrons. The molecule has 0 aliphatic carbocycles. The number of hydrogen-bond donors (Lipinski definition) is 1. The SMILES string of the molecule is CCCNc1nc2ccccc2cc1COCC(F)F. The molecule has 1 aromatic heterocycles. The van der Waals surface area contributed by atoms with Crippen LogP contribution in [0.3, 0.4) is 0 Å². The number of ether oxygens (including phenoxy) is 1. The van der Waals surface area contributed by atoms with E-state index in [4.69, 9.17) is 4.74 Å². The molecule has 0 aliphatic rings. The largest absolute Gasteiger partial charge is 0.371 e. The highest BCUT2D eigenvalue weighted by Crippen LogP contribution is 2.21. The summed E-state index contributed by atoms with van der Waals surface area (Å²) in [4.78, 5) is 4.53. The van der Waals surface area contributed by atoms with Crippen LogP contribution in [0.2, 0.25) is 0 Å². The van der Waals surface area contributed by atoms with Crippen LogP contribution in [0.15, 0.2) is 30.3 Å². The smallest absolute Gasteiger partial charge is 0.261 e. The zero-order valence-corrected chi connectivity index (χ0v) is 11.4. The number of halogens is 2. The average Bonchev–Trinajstić information content (AvgIpc) is 2.44. The summed E-state index contributed by atoms with van der Waals surface area (Å²) in [5, 5.41) is 4.19. The van der Waals surface area contributed by atoms with Crippen LogP contribution in [0, 0.1) is 0 Å². The fourth-order valence-corrected chi connectivity index (χ4v) is 1.92. The van der Waals surface area contributed by atoms with E-state index in [2.05, 4.69) is 17.2 Å². The van der Waals surface area contributed by atoms with Gasteiger partial charge in [0.05, 0.1) is 12.1 Å². The van der Waals surface area contributed by atoms with Crippen molar-refractivity contribution < 1.29 is 13.5 Å². The Balaban J connectivity index is 2.23. The third-order valence-electron chi connectivity index (χ3n) is 2.85. The van der Waals surface area contributed by atoms with Crippen LogP contribution in [-0.4, -0.2) is 24.6 Å². The zero-order valence-electron chi connectivity index (χ0n) is 11.4. The summed E-state index contributed by atoms with van der Waals surface area (Å²) in [6, 6.07) is 9.66. The Morgan fingerprint density at radius 2 is 2.10 bits per heavy atom. The first-order valence-corrected chi connectivity index (χ1v) is 6.69. The minimum Gasteiger partial charge on any atom is -0.371 e. The zero-order chi connectivity index (χ0) is 14.4. The molecule has 0 atom stereocenters. The van der Waals surface area contributed by atoms with Gasteiger partial charge in [-0.15, -0.1) is 0 Å². The lowest BCUT2D eigenvalue weighted by molar-refractivity contribution is 0.0100. The normalized spacial score (nSPS) is 11.2. The van der Waals surface area contributed by atoms with Gasteiger partial charge in [0.15, 0.2) is 0 Å². The predicted molar refractivity (Wildman–Crippen MR) is 76.2 cm³/mol. The maximum atomic E-state index is 12.1. The van der Waals surface area contributed by atoms with Crippen molar-refractivity contribution in [3.8, 4) is 0 Å². The van der Waals surface area contributed by atoms with E-state index >= 15 is 0 Å². The molecule has 2 rings (SSSR count). The van der Waals surface area contributed by atoms with Crippen molar-refractivity contribution in [1.82, 2.24) is 4.98 Å². The lowest BCUT2D eigenvalue weighted by Crippen LogP contribution is -2.09. The molecule has 0 amide bonds. The lowest BCUT2D eigenvalue weighted by atomic mass is 10.1. The highest BCUT2D eigenvalue weighted by Gasteiger charge is 2.08. The fourth-order valence-electron chi connectivity index (χ4n) is 1.92. The molecule has 3 nitrogen and oxygen atoms in total. The summed E-state index contributed by atoms with van der Waals surface area (Å²) in [5.74, 6) is 0.708. The molecule has 0 spiro atoms. The number of rotatable bonds is 7. The Bertz CT molecular complexity index is 561. The molecule has 0 radical (unpaired) electrons. The predicted octanol–water partition coefficient (Wildman–Crippen LogP) is 3.84. The molecule has 20 heavy (non-hydrogen) atoms. The first kappa shape index (κ1) is 14.7. The van der Waals surface area contributed by atoms with Crippen molar-refractivity contribution in [2.24, 2.45) is 0 Å². The van der Waals surface area contributed by atoms with E-state index in [9.17, 15) is 8.78 Å². The van der Waals surface area contributed by atoms with Gasteiger partial charge < -0.3 is 10.1 Å². The van der Waals surface area contributed by atoms with Crippen molar-refractivity contribution in [1.29, 1.82) is 0 Å². The van der Waals surface area contributed by atoms with Gasteiger partial charge in [0.2, 0.25) is 0 Å². The number of benzene rings is 1. The summed E-state index contributed by atoms with van der Waals surface area (Å²) < 4.78 is 29.3. The quantitative estimate of drug-likeness (QED) is 0.836. The van der Waals surface area contributed by atoms with Gasteiger partial charge in [0, 0.05) is 17.5 Å². The molecule has 1 N–H and O–H groups in total. The van der Waals surface area contributed by atoms with Crippen molar-refractivity contribution in [3.63, 3.8) is 0 Å². The number of nitrogens with one attached hydrogen (secondary N) is 1. The van der Waals surface area contributed by atoms with E-state index in [-0.39, 0.29) is 6.61 Å². The van der Waals surface area contributed by atoms with Crippen LogP contribution in [0.5, 0.6) is 0 Å². The minimum atomic E-state index is -2.45. The van der Waals surface area contributed by atoms with E-state index in [0.717, 1.165) is 29.4 Å². The van der Waals surface area contributed by atoms with Gasteiger partial charge in [0.1, 0.15) is 12.4 Å². The van der Waals surface area contributed by atoms with Gasteiger partial charge in [-0.2, -0.15) is 0 Å². The fraction of sp³-hybridized carbons (Fsp3) is 0.400. The van der Waals surface area contributed by atoms with E-state index in [1.807, 2.05) is 30.3 Å². The second-order valence-electron chi connectivity index (χ2n) is 4.52. The molecule has 1 aromatic carbocycles. The van der Waals surface area contributed by atoms with Gasteiger partial charge in [-0.25, -0.2) is 13.8 Å². The Labute approximate surface area is 117 Å². The number of hydrogen-bond acceptors (Lipinski definition) is 3. The number of nitrogens with zero attached hydrogens (tertiary/aromatic N) is 1. The Morgan fingerprint density at radius 3 is 2.85 bits per heavy atom. The van der Waals surface area contributed by atoms with Gasteiger partial charge >= 0.3 is 0 Å². The van der Waals surface area contributed by atoms with Crippen molar-refractivity contribution in [3.05, 3.63) is 35.9 Å². The van der Waals surface area contributed by atoms with Crippen molar-refractivity contribution in [2.45, 2.75) is 26.4 Å². The number of anilines is 1. The Kier molecular flexibility index (Phi) is 5.24. The first-order chi connectivity index (χ1) is 9.70. The van der Waals surface area contributed by atoms with E-state index in [1.165, 1.54) is 0 Å². The minimum absolute atomic E-state index is 0.133. The highest BCUT2D eigenvalue weighted by molar-refractivity contribution is 5.81. The van der Waals surface area contributed by atoms with Crippen LogP contribution in [0.25, 0.3) is 10.9 Å². The van der Waals surface area contributed by atoms with Crippen LogP contribution >= 0.6 is 0 Å². The van der Waals surface area contributed by atoms with Crippen molar-refractivity contribution in [2.75, 3.05) is 18.5 Å². The molecule has 0 fully saturated rings. The summed E-state index contributed by atoms with van der Waals surface area (Å²) in [5.41, 5.74) is 1.68. The molecule has 0 bridgehead atoms. The molecule has 0 saturated heterocycles. The van der Waals surface area contributed by atoms with E-state index in [0.29, 0.717) is 5.82 Å². The second-order valence-corrected chi connectivity index (χ2v) is 4.52. The molecule has 0 saturated carbocycles. The number of aromatic nitrogens is 1. The van der Waals surface area contributed by atoms with Crippen LogP contribution in [0.1, 0.15) is 18.9 Å². The van der Waals surface area contributed by atoms with E-state index < -0.39 is 13.0 Å². The van der Waals surface area contributed by atoms with Gasteiger partial charge in [-0.05, 0) is 18.6 Å². The molecule has 5 heteroatoms. The first-order valence-electron chi connectivity index (χ1n) is 6.69. The Morgan fingerprint density at radius 1 is 1.30 bits per heavy atom. The highest BCUT2D eigenvalue weighted by atomic mass is 19.3. The number of pyridine rings is 1. The van der Waals surface area contributed by atoms with Gasteiger partial charge in [-0.3, -0.25) is 0 Å². The van der Waals surface area contributed by atoms with Crippen molar-refractivity contribution >= 4 is 16.7 Å². The molecule has 0 unspecified atom stereocenters. The summed E-state index contributed by atoms with van der Waals surface area (Å²) in [6.07, 6.45) is -1.48. The van der Waals surface area contributed by atoms with Crippen LogP contribution in [-0.2, 0) is 11.3 Å². The molecular weight excluding hydrogens is 262 g/mol. The average molecular weight is 280 g/mol. The third-order valence-corrected chi connectivity index (χ3v) is 2.85. The maximum Gasteiger partial charge on any atom is 0.261 e. The molecule has 2 aromatic rings. The molecule has 1 heterocycles. The summed E-state index contributed by atoms with van der Waals surface area (Å²) in [7, 11) is 0. The second kappa shape index (κ2) is 7.14. The Hall–Kier alpha value is -1.75. The van der Waals surface area contributed by atoms with Crippen LogP contribution in [0.4, 0.5) is 14.6 Å². The summed E-state index contributed by atoms with van der Waals surface area (Å²) >= 11 is 0.